The normalized spacial score (nSPS) is 12.3. The predicted octanol–water partition coefficient (Wildman–Crippen LogP) is 4.41. The molecule has 0 N–H and O–H groups in total. The van der Waals surface area contributed by atoms with Crippen LogP contribution in [0.4, 0.5) is 0 Å². The second kappa shape index (κ2) is 7.61. The van der Waals surface area contributed by atoms with Gasteiger partial charge in [0.05, 0.1) is 10.9 Å². The van der Waals surface area contributed by atoms with E-state index < -0.39 is 0 Å². The van der Waals surface area contributed by atoms with Crippen molar-refractivity contribution in [3.8, 4) is 5.75 Å². The third kappa shape index (κ3) is 4.56. The quantitative estimate of drug-likeness (QED) is 0.631. The van der Waals surface area contributed by atoms with E-state index in [0.29, 0.717) is 18.4 Å². The summed E-state index contributed by atoms with van der Waals surface area (Å²) in [5.74, 6) is 2.93. The number of benzene rings is 1. The first-order valence-corrected chi connectivity index (χ1v) is 9.16. The lowest BCUT2D eigenvalue weighted by atomic mass is 10.3. The molecule has 0 fully saturated rings. The Labute approximate surface area is 143 Å². The first-order chi connectivity index (χ1) is 11.2. The van der Waals surface area contributed by atoms with E-state index in [4.69, 9.17) is 9.15 Å². The maximum absolute atomic E-state index is 5.71. The largest absolute Gasteiger partial charge is 0.486 e. The van der Waals surface area contributed by atoms with Crippen LogP contribution < -0.4 is 4.74 Å². The molecule has 3 rings (SSSR count). The van der Waals surface area contributed by atoms with Crippen molar-refractivity contribution in [3.63, 3.8) is 0 Å². The van der Waals surface area contributed by atoms with Crippen molar-refractivity contribution in [3.05, 3.63) is 58.2 Å². The van der Waals surface area contributed by atoms with E-state index in [9.17, 15) is 0 Å². The van der Waals surface area contributed by atoms with E-state index in [-0.39, 0.29) is 5.25 Å². The fourth-order valence-corrected chi connectivity index (χ4v) is 3.52. The molecule has 1 atom stereocenters. The van der Waals surface area contributed by atoms with Crippen molar-refractivity contribution in [1.29, 1.82) is 0 Å². The van der Waals surface area contributed by atoms with E-state index >= 15 is 0 Å². The van der Waals surface area contributed by atoms with Crippen molar-refractivity contribution in [2.75, 3.05) is 0 Å². The molecule has 1 aromatic carbocycles. The van der Waals surface area contributed by atoms with Gasteiger partial charge in [-0.3, -0.25) is 0 Å². The third-order valence-electron chi connectivity index (χ3n) is 3.08. The zero-order valence-corrected chi connectivity index (χ0v) is 14.6. The Morgan fingerprint density at radius 1 is 1.26 bits per heavy atom. The van der Waals surface area contributed by atoms with Gasteiger partial charge in [-0.25, -0.2) is 4.98 Å². The summed E-state index contributed by atoms with van der Waals surface area (Å²) >= 11 is 3.35. The highest BCUT2D eigenvalue weighted by molar-refractivity contribution is 7.98. The van der Waals surface area contributed by atoms with Gasteiger partial charge in [-0.1, -0.05) is 18.2 Å². The number of aromatic nitrogens is 3. The summed E-state index contributed by atoms with van der Waals surface area (Å²) in [6, 6.07) is 9.77. The summed E-state index contributed by atoms with van der Waals surface area (Å²) < 4.78 is 11.2. The fraction of sp³-hybridized carbons (Fsp3) is 0.312. The SMILES string of the molecule is Cc1nnc([C@H](C)SCc2csc(COc3ccccc3)n2)o1. The van der Waals surface area contributed by atoms with Gasteiger partial charge in [0.25, 0.3) is 0 Å². The molecule has 0 radical (unpaired) electrons. The lowest BCUT2D eigenvalue weighted by Crippen LogP contribution is -1.95. The number of hydrogen-bond donors (Lipinski definition) is 0. The van der Waals surface area contributed by atoms with Gasteiger partial charge in [0, 0.05) is 18.1 Å². The molecule has 2 aromatic heterocycles. The zero-order chi connectivity index (χ0) is 16.1. The Kier molecular flexibility index (Phi) is 5.30. The molecule has 0 aliphatic rings. The average Bonchev–Trinajstić information content (AvgIpc) is 3.21. The Balaban J connectivity index is 1.49. The van der Waals surface area contributed by atoms with Crippen LogP contribution in [0.15, 0.2) is 40.1 Å². The standard InChI is InChI=1S/C16H17N3O2S2/c1-11(16-19-18-12(2)21-16)22-9-13-10-23-15(17-13)8-20-14-6-4-3-5-7-14/h3-7,10-11H,8-9H2,1-2H3/t11-/m0/s1. The van der Waals surface area contributed by atoms with Crippen LogP contribution in [-0.2, 0) is 12.4 Å². The highest BCUT2D eigenvalue weighted by Crippen LogP contribution is 2.30. The molecule has 0 amide bonds. The third-order valence-corrected chi connectivity index (χ3v) is 5.11. The fourth-order valence-electron chi connectivity index (χ4n) is 1.90. The van der Waals surface area contributed by atoms with E-state index in [2.05, 4.69) is 27.5 Å². The predicted molar refractivity (Wildman–Crippen MR) is 91.6 cm³/mol. The Morgan fingerprint density at radius 3 is 2.83 bits per heavy atom. The summed E-state index contributed by atoms with van der Waals surface area (Å²) in [5.41, 5.74) is 1.05. The first kappa shape index (κ1) is 16.0. The van der Waals surface area contributed by atoms with Gasteiger partial charge >= 0.3 is 0 Å². The minimum Gasteiger partial charge on any atom is -0.486 e. The summed E-state index contributed by atoms with van der Waals surface area (Å²) in [6.45, 7) is 4.36. The molecule has 0 bridgehead atoms. The van der Waals surface area contributed by atoms with Crippen molar-refractivity contribution < 1.29 is 9.15 Å². The number of nitrogens with zero attached hydrogens (tertiary/aromatic N) is 3. The molecule has 0 spiro atoms. The van der Waals surface area contributed by atoms with E-state index in [1.807, 2.05) is 30.3 Å². The minimum atomic E-state index is 0.155. The van der Waals surface area contributed by atoms with Crippen molar-refractivity contribution in [2.24, 2.45) is 0 Å². The second-order valence-electron chi connectivity index (χ2n) is 4.95. The molecule has 0 unspecified atom stereocenters. The van der Waals surface area contributed by atoms with Crippen LogP contribution in [-0.4, -0.2) is 15.2 Å². The minimum absolute atomic E-state index is 0.155. The van der Waals surface area contributed by atoms with Crippen molar-refractivity contribution in [2.45, 2.75) is 31.5 Å². The molecule has 0 saturated carbocycles. The van der Waals surface area contributed by atoms with Crippen LogP contribution >= 0.6 is 23.1 Å². The molecule has 0 aliphatic carbocycles. The smallest absolute Gasteiger partial charge is 0.229 e. The average molecular weight is 347 g/mol. The Morgan fingerprint density at radius 2 is 2.09 bits per heavy atom. The van der Waals surface area contributed by atoms with Gasteiger partial charge in [-0.05, 0) is 19.1 Å². The number of aryl methyl sites for hydroxylation is 1. The van der Waals surface area contributed by atoms with Gasteiger partial charge in [0.15, 0.2) is 0 Å². The highest BCUT2D eigenvalue weighted by atomic mass is 32.2. The molecule has 120 valence electrons. The lowest BCUT2D eigenvalue weighted by molar-refractivity contribution is 0.305. The molecule has 7 heteroatoms. The number of para-hydroxylation sites is 1. The molecule has 0 saturated heterocycles. The molecular formula is C16H17N3O2S2. The Bertz CT molecular complexity index is 743. The number of rotatable bonds is 7. The van der Waals surface area contributed by atoms with Crippen LogP contribution in [0.2, 0.25) is 0 Å². The number of thioether (sulfide) groups is 1. The summed E-state index contributed by atoms with van der Waals surface area (Å²) in [7, 11) is 0. The second-order valence-corrected chi connectivity index (χ2v) is 7.22. The van der Waals surface area contributed by atoms with E-state index in [1.165, 1.54) is 0 Å². The highest BCUT2D eigenvalue weighted by Gasteiger charge is 2.14. The van der Waals surface area contributed by atoms with Gasteiger partial charge < -0.3 is 9.15 Å². The first-order valence-electron chi connectivity index (χ1n) is 7.23. The Hall–Kier alpha value is -1.86. The molecule has 23 heavy (non-hydrogen) atoms. The van der Waals surface area contributed by atoms with Crippen LogP contribution in [0.25, 0.3) is 0 Å². The van der Waals surface area contributed by atoms with E-state index in [0.717, 1.165) is 22.2 Å². The van der Waals surface area contributed by atoms with Crippen LogP contribution in [0.3, 0.4) is 0 Å². The topological polar surface area (TPSA) is 61.0 Å². The summed E-state index contributed by atoms with van der Waals surface area (Å²) in [5, 5.41) is 11.1. The van der Waals surface area contributed by atoms with E-state index in [1.54, 1.807) is 30.0 Å². The molecule has 5 nitrogen and oxygen atoms in total. The monoisotopic (exact) mass is 347 g/mol. The number of ether oxygens (including phenoxy) is 1. The van der Waals surface area contributed by atoms with Gasteiger partial charge in [-0.2, -0.15) is 0 Å². The maximum atomic E-state index is 5.71. The summed E-state index contributed by atoms with van der Waals surface area (Å²) in [4.78, 5) is 4.60. The summed E-state index contributed by atoms with van der Waals surface area (Å²) in [6.07, 6.45) is 0. The molecule has 2 heterocycles. The molecule has 3 aromatic rings. The van der Waals surface area contributed by atoms with Crippen molar-refractivity contribution >= 4 is 23.1 Å². The van der Waals surface area contributed by atoms with Crippen LogP contribution in [0, 0.1) is 6.92 Å². The lowest BCUT2D eigenvalue weighted by Gasteiger charge is -2.04. The van der Waals surface area contributed by atoms with Crippen LogP contribution in [0.5, 0.6) is 5.75 Å². The zero-order valence-electron chi connectivity index (χ0n) is 12.9. The van der Waals surface area contributed by atoms with Gasteiger partial charge in [0.2, 0.25) is 11.8 Å². The number of hydrogen-bond acceptors (Lipinski definition) is 7. The number of thiazole rings is 1. The van der Waals surface area contributed by atoms with Gasteiger partial charge in [-0.15, -0.1) is 33.3 Å². The van der Waals surface area contributed by atoms with Gasteiger partial charge in [0.1, 0.15) is 17.4 Å². The van der Waals surface area contributed by atoms with Crippen LogP contribution in [0.1, 0.15) is 34.7 Å². The molecule has 0 aliphatic heterocycles. The molecular weight excluding hydrogens is 330 g/mol. The van der Waals surface area contributed by atoms with Crippen molar-refractivity contribution in [1.82, 2.24) is 15.2 Å². The maximum Gasteiger partial charge on any atom is 0.229 e.